The largest absolute Gasteiger partial charge is 0.444 e. The molecule has 0 fully saturated rings. The fraction of sp³-hybridized carbons (Fsp3) is 0.692. The van der Waals surface area contributed by atoms with Crippen molar-refractivity contribution in [3.63, 3.8) is 0 Å². The van der Waals surface area contributed by atoms with Gasteiger partial charge in [-0.1, -0.05) is 13.8 Å². The van der Waals surface area contributed by atoms with Gasteiger partial charge < -0.3 is 9.53 Å². The van der Waals surface area contributed by atoms with E-state index in [0.29, 0.717) is 0 Å². The average molecular weight is 287 g/mol. The first-order valence-corrected chi connectivity index (χ1v) is 6.48. The first-order chi connectivity index (χ1) is 9.10. The molecule has 0 heterocycles. The van der Waals surface area contributed by atoms with Crippen LogP contribution in [0.25, 0.3) is 0 Å². The monoisotopic (exact) mass is 287 g/mol. The molecule has 0 rings (SSSR count). The Bertz CT molecular complexity index is 359. The quantitative estimate of drug-likeness (QED) is 0.544. The summed E-state index contributed by atoms with van der Waals surface area (Å²) in [5.41, 5.74) is -0.678. The molecule has 0 aromatic carbocycles. The molecule has 7 heteroatoms. The van der Waals surface area contributed by atoms with E-state index in [9.17, 15) is 14.4 Å². The molecule has 0 unspecified atom stereocenters. The Morgan fingerprint density at radius 3 is 1.95 bits per heavy atom. The van der Waals surface area contributed by atoms with E-state index in [1.807, 2.05) is 13.8 Å². The second-order valence-corrected chi connectivity index (χ2v) is 4.75. The number of guanidine groups is 1. The Morgan fingerprint density at radius 2 is 1.55 bits per heavy atom. The highest BCUT2D eigenvalue weighted by molar-refractivity contribution is 6.02. The molecule has 0 aliphatic heterocycles. The second-order valence-electron chi connectivity index (χ2n) is 4.75. The van der Waals surface area contributed by atoms with Crippen molar-refractivity contribution >= 4 is 23.7 Å². The molecular weight excluding hydrogens is 262 g/mol. The Kier molecular flexibility index (Phi) is 10.1. The topological polar surface area (TPSA) is 108 Å². The lowest BCUT2D eigenvalue weighted by atomic mass is 10.2. The van der Waals surface area contributed by atoms with E-state index in [-0.39, 0.29) is 18.6 Å². The van der Waals surface area contributed by atoms with Gasteiger partial charge in [0.25, 0.3) is 0 Å². The lowest BCUT2D eigenvalue weighted by molar-refractivity contribution is -0.123. The van der Waals surface area contributed by atoms with Crippen LogP contribution in [0.4, 0.5) is 4.79 Å². The maximum Gasteiger partial charge on any atom is 0.414 e. The highest BCUT2D eigenvalue weighted by Gasteiger charge is 2.17. The predicted molar refractivity (Wildman–Crippen MR) is 76.5 cm³/mol. The molecule has 0 saturated carbocycles. The van der Waals surface area contributed by atoms with Crippen LogP contribution in [-0.2, 0) is 14.3 Å². The zero-order chi connectivity index (χ0) is 16.3. The smallest absolute Gasteiger partial charge is 0.414 e. The fourth-order valence-corrected chi connectivity index (χ4v) is 0.928. The van der Waals surface area contributed by atoms with Crippen LogP contribution in [0.5, 0.6) is 0 Å². The molecule has 0 aromatic heterocycles. The molecule has 7 nitrogen and oxygen atoms in total. The van der Waals surface area contributed by atoms with Crippen LogP contribution in [-0.4, -0.2) is 29.3 Å². The molecule has 3 N–H and O–H groups in total. The third-order valence-electron chi connectivity index (χ3n) is 1.59. The van der Waals surface area contributed by atoms with Crippen molar-refractivity contribution in [1.29, 1.82) is 5.41 Å². The molecule has 0 spiro atoms. The number of rotatable bonds is 3. The first kappa shape index (κ1) is 20.4. The highest BCUT2D eigenvalue weighted by atomic mass is 16.6. The van der Waals surface area contributed by atoms with Crippen LogP contribution >= 0.6 is 0 Å². The SMILES string of the molecule is CC.CC(=O)CCC(=O)NC(=N)NC(=O)OC(C)(C)C. The Hall–Kier alpha value is -1.92. The summed E-state index contributed by atoms with van der Waals surface area (Å²) >= 11 is 0. The van der Waals surface area contributed by atoms with Gasteiger partial charge >= 0.3 is 6.09 Å². The number of carbonyl (C=O) groups is 3. The summed E-state index contributed by atoms with van der Waals surface area (Å²) in [4.78, 5) is 33.1. The number of ketones is 1. The molecule has 0 atom stereocenters. The zero-order valence-corrected chi connectivity index (χ0v) is 13.0. The molecule has 0 bridgehead atoms. The van der Waals surface area contributed by atoms with E-state index < -0.39 is 23.6 Å². The average Bonchev–Trinajstić information content (AvgIpc) is 2.26. The van der Waals surface area contributed by atoms with Gasteiger partial charge in [0.2, 0.25) is 11.9 Å². The van der Waals surface area contributed by atoms with Gasteiger partial charge in [-0.3, -0.25) is 20.8 Å². The van der Waals surface area contributed by atoms with Crippen molar-refractivity contribution in [3.05, 3.63) is 0 Å². The molecular formula is C13H25N3O4. The normalized spacial score (nSPS) is 9.70. The summed E-state index contributed by atoms with van der Waals surface area (Å²) in [6.45, 7) is 10.4. The van der Waals surface area contributed by atoms with E-state index in [2.05, 4.69) is 10.6 Å². The minimum absolute atomic E-state index is 0.0201. The summed E-state index contributed by atoms with van der Waals surface area (Å²) < 4.78 is 4.89. The van der Waals surface area contributed by atoms with Crippen molar-refractivity contribution in [2.75, 3.05) is 0 Å². The van der Waals surface area contributed by atoms with Crippen molar-refractivity contribution < 1.29 is 19.1 Å². The minimum atomic E-state index is -0.820. The van der Waals surface area contributed by atoms with Gasteiger partial charge in [-0.05, 0) is 27.7 Å². The number of amides is 2. The highest BCUT2D eigenvalue weighted by Crippen LogP contribution is 2.06. The second kappa shape index (κ2) is 9.94. The molecule has 0 radical (unpaired) electrons. The van der Waals surface area contributed by atoms with Crippen molar-refractivity contribution in [3.8, 4) is 0 Å². The van der Waals surface area contributed by atoms with Gasteiger partial charge in [0.05, 0.1) is 0 Å². The van der Waals surface area contributed by atoms with E-state index in [0.717, 1.165) is 0 Å². The van der Waals surface area contributed by atoms with Gasteiger partial charge in [-0.2, -0.15) is 0 Å². The van der Waals surface area contributed by atoms with Crippen molar-refractivity contribution in [1.82, 2.24) is 10.6 Å². The molecule has 116 valence electrons. The van der Waals surface area contributed by atoms with Gasteiger partial charge in [0.1, 0.15) is 11.4 Å². The maximum absolute atomic E-state index is 11.2. The Labute approximate surface area is 120 Å². The van der Waals surface area contributed by atoms with Gasteiger partial charge in [0, 0.05) is 12.8 Å². The molecule has 0 aromatic rings. The molecule has 0 aliphatic rings. The summed E-state index contributed by atoms with van der Waals surface area (Å²) in [6, 6.07) is 0. The fourth-order valence-electron chi connectivity index (χ4n) is 0.928. The number of alkyl carbamates (subject to hydrolysis) is 1. The summed E-state index contributed by atoms with van der Waals surface area (Å²) in [6.07, 6.45) is -0.737. The summed E-state index contributed by atoms with van der Waals surface area (Å²) in [5, 5.41) is 11.5. The van der Waals surface area contributed by atoms with E-state index in [4.69, 9.17) is 10.1 Å². The van der Waals surface area contributed by atoms with Crippen LogP contribution < -0.4 is 10.6 Å². The van der Waals surface area contributed by atoms with Crippen LogP contribution in [0.3, 0.4) is 0 Å². The van der Waals surface area contributed by atoms with Crippen molar-refractivity contribution in [2.45, 2.75) is 60.0 Å². The van der Waals surface area contributed by atoms with E-state index >= 15 is 0 Å². The Balaban J connectivity index is 0. The zero-order valence-electron chi connectivity index (χ0n) is 13.0. The number of ether oxygens (including phenoxy) is 1. The number of hydrogen-bond acceptors (Lipinski definition) is 5. The number of Topliss-reactive ketones (excluding diaryl/α,β-unsaturated/α-hetero) is 1. The molecule has 20 heavy (non-hydrogen) atoms. The lowest BCUT2D eigenvalue weighted by Crippen LogP contribution is -2.45. The maximum atomic E-state index is 11.2. The van der Waals surface area contributed by atoms with Gasteiger partial charge in [-0.25, -0.2) is 4.79 Å². The third kappa shape index (κ3) is 14.1. The van der Waals surface area contributed by atoms with Crippen LogP contribution in [0.15, 0.2) is 0 Å². The van der Waals surface area contributed by atoms with Crippen molar-refractivity contribution in [2.24, 2.45) is 0 Å². The first-order valence-electron chi connectivity index (χ1n) is 6.48. The lowest BCUT2D eigenvalue weighted by Gasteiger charge is -2.19. The Morgan fingerprint density at radius 1 is 1.05 bits per heavy atom. The standard InChI is InChI=1S/C11H19N3O4.C2H6/c1-7(15)5-6-8(16)13-9(12)14-10(17)18-11(2,3)4;1-2/h5-6H2,1-4H3,(H3,12,13,14,16,17);1-2H3. The van der Waals surface area contributed by atoms with E-state index in [1.165, 1.54) is 6.92 Å². The van der Waals surface area contributed by atoms with Crippen LogP contribution in [0, 0.1) is 5.41 Å². The summed E-state index contributed by atoms with van der Waals surface area (Å²) in [5.74, 6) is -1.10. The molecule has 0 aliphatic carbocycles. The van der Waals surface area contributed by atoms with Crippen LogP contribution in [0.2, 0.25) is 0 Å². The van der Waals surface area contributed by atoms with Crippen LogP contribution in [0.1, 0.15) is 54.4 Å². The number of hydrogen-bond donors (Lipinski definition) is 3. The van der Waals surface area contributed by atoms with Gasteiger partial charge in [0.15, 0.2) is 0 Å². The number of nitrogens with one attached hydrogen (secondary N) is 3. The summed E-state index contributed by atoms with van der Waals surface area (Å²) in [7, 11) is 0. The third-order valence-corrected chi connectivity index (χ3v) is 1.59. The van der Waals surface area contributed by atoms with E-state index in [1.54, 1.807) is 20.8 Å². The molecule has 2 amide bonds. The number of carbonyl (C=O) groups excluding carboxylic acids is 3. The van der Waals surface area contributed by atoms with Gasteiger partial charge in [-0.15, -0.1) is 0 Å². The predicted octanol–water partition coefficient (Wildman–Crippen LogP) is 1.96. The minimum Gasteiger partial charge on any atom is -0.444 e. The molecule has 0 saturated heterocycles.